The Morgan fingerprint density at radius 1 is 1.16 bits per heavy atom. The molecule has 3 N–H and O–H groups in total. The fourth-order valence-corrected chi connectivity index (χ4v) is 2.58. The number of aryl methyl sites for hydroxylation is 1. The molecule has 0 aliphatic rings. The van der Waals surface area contributed by atoms with Gasteiger partial charge in [0.2, 0.25) is 5.95 Å². The van der Waals surface area contributed by atoms with Crippen molar-refractivity contribution in [1.29, 1.82) is 0 Å². The van der Waals surface area contributed by atoms with Crippen molar-refractivity contribution in [3.05, 3.63) is 35.5 Å². The van der Waals surface area contributed by atoms with E-state index in [0.717, 1.165) is 24.2 Å². The van der Waals surface area contributed by atoms with Crippen LogP contribution < -0.4 is 15.8 Å². The molecule has 0 aliphatic carbocycles. The van der Waals surface area contributed by atoms with Crippen molar-refractivity contribution in [2.45, 2.75) is 40.0 Å². The van der Waals surface area contributed by atoms with Gasteiger partial charge >= 0.3 is 0 Å². The number of nitrogen functional groups attached to an aromatic ring is 1. The molecule has 0 unspecified atom stereocenters. The van der Waals surface area contributed by atoms with Gasteiger partial charge in [0.15, 0.2) is 0 Å². The normalized spacial score (nSPS) is 10.5. The van der Waals surface area contributed by atoms with Crippen LogP contribution in [0.25, 0.3) is 11.3 Å². The molecule has 1 aromatic carbocycles. The van der Waals surface area contributed by atoms with Gasteiger partial charge in [0.1, 0.15) is 5.75 Å². The molecule has 1 heterocycles. The molecular weight excluding hydrogens is 316 g/mol. The van der Waals surface area contributed by atoms with Crippen LogP contribution in [-0.2, 0) is 0 Å². The number of benzene rings is 1. The number of unbranched alkanes of at least 4 members (excludes halogenated alkanes) is 2. The molecule has 0 saturated carbocycles. The molecule has 0 spiro atoms. The van der Waals surface area contributed by atoms with Gasteiger partial charge in [0.05, 0.1) is 23.6 Å². The lowest BCUT2D eigenvalue weighted by Crippen LogP contribution is -2.25. The van der Waals surface area contributed by atoms with Crippen LogP contribution in [0.4, 0.5) is 5.95 Å². The molecule has 0 aliphatic heterocycles. The maximum absolute atomic E-state index is 12.4. The van der Waals surface area contributed by atoms with Crippen LogP contribution in [0.5, 0.6) is 5.75 Å². The van der Waals surface area contributed by atoms with Gasteiger partial charge in [-0.3, -0.25) is 4.79 Å². The number of hydrogen-bond donors (Lipinski definition) is 2. The molecule has 2 rings (SSSR count). The summed E-state index contributed by atoms with van der Waals surface area (Å²) in [6, 6.07) is 7.55. The molecule has 0 fully saturated rings. The summed E-state index contributed by atoms with van der Waals surface area (Å²) in [5.74, 6) is 0.758. The third kappa shape index (κ3) is 4.92. The Hall–Kier alpha value is -2.63. The van der Waals surface area contributed by atoms with Crippen LogP contribution >= 0.6 is 0 Å². The summed E-state index contributed by atoms with van der Waals surface area (Å²) >= 11 is 0. The Labute approximate surface area is 148 Å². The average molecular weight is 342 g/mol. The largest absolute Gasteiger partial charge is 0.494 e. The molecule has 0 bridgehead atoms. The topological polar surface area (TPSA) is 90.1 Å². The van der Waals surface area contributed by atoms with Gasteiger partial charge in [0.25, 0.3) is 5.91 Å². The molecule has 134 valence electrons. The third-order valence-corrected chi connectivity index (χ3v) is 3.82. The molecule has 2 aromatic rings. The maximum atomic E-state index is 12.4. The van der Waals surface area contributed by atoms with E-state index >= 15 is 0 Å². The second-order valence-electron chi connectivity index (χ2n) is 5.83. The number of carbonyl (C=O) groups is 1. The van der Waals surface area contributed by atoms with Crippen molar-refractivity contribution < 1.29 is 9.53 Å². The Morgan fingerprint density at radius 2 is 1.88 bits per heavy atom. The van der Waals surface area contributed by atoms with Crippen molar-refractivity contribution in [1.82, 2.24) is 15.3 Å². The summed E-state index contributed by atoms with van der Waals surface area (Å²) in [7, 11) is 0. The van der Waals surface area contributed by atoms with Gasteiger partial charge < -0.3 is 15.8 Å². The second-order valence-corrected chi connectivity index (χ2v) is 5.83. The lowest BCUT2D eigenvalue weighted by Gasteiger charge is -2.12. The molecule has 1 amide bonds. The minimum Gasteiger partial charge on any atom is -0.494 e. The van der Waals surface area contributed by atoms with E-state index in [1.54, 1.807) is 6.92 Å². The number of nitrogens with one attached hydrogen (secondary N) is 1. The van der Waals surface area contributed by atoms with Crippen LogP contribution in [0, 0.1) is 6.92 Å². The number of anilines is 1. The lowest BCUT2D eigenvalue weighted by atomic mass is 10.0. The highest BCUT2D eigenvalue weighted by molar-refractivity contribution is 6.01. The Balaban J connectivity index is 2.27. The Morgan fingerprint density at radius 3 is 2.52 bits per heavy atom. The van der Waals surface area contributed by atoms with E-state index in [1.807, 2.05) is 31.2 Å². The number of carbonyl (C=O) groups excluding carboxylic acids is 1. The SMILES string of the molecule is CCCCCOc1ccc(-c2nc(N)nc(C)c2C(=O)NCC)cc1. The quantitative estimate of drug-likeness (QED) is 0.718. The van der Waals surface area contributed by atoms with Gasteiger partial charge in [-0.15, -0.1) is 0 Å². The zero-order chi connectivity index (χ0) is 18.2. The van der Waals surface area contributed by atoms with E-state index in [9.17, 15) is 4.79 Å². The first-order valence-electron chi connectivity index (χ1n) is 8.72. The highest BCUT2D eigenvalue weighted by Gasteiger charge is 2.19. The number of hydrogen-bond acceptors (Lipinski definition) is 5. The second kappa shape index (κ2) is 9.01. The summed E-state index contributed by atoms with van der Waals surface area (Å²) in [6.07, 6.45) is 3.37. The summed E-state index contributed by atoms with van der Waals surface area (Å²) in [4.78, 5) is 20.8. The van der Waals surface area contributed by atoms with Crippen LogP contribution in [0.15, 0.2) is 24.3 Å². The summed E-state index contributed by atoms with van der Waals surface area (Å²) in [5, 5.41) is 2.80. The monoisotopic (exact) mass is 342 g/mol. The van der Waals surface area contributed by atoms with Gasteiger partial charge in [0, 0.05) is 12.1 Å². The standard InChI is InChI=1S/C19H26N4O2/c1-4-6-7-12-25-15-10-8-14(9-11-15)17-16(18(24)21-5-2)13(3)22-19(20)23-17/h8-11H,4-7,12H2,1-3H3,(H,21,24)(H2,20,22,23). The summed E-state index contributed by atoms with van der Waals surface area (Å²) in [6.45, 7) is 7.03. The smallest absolute Gasteiger partial charge is 0.255 e. The number of nitrogens with zero attached hydrogens (tertiary/aromatic N) is 2. The van der Waals surface area contributed by atoms with E-state index in [1.165, 1.54) is 6.42 Å². The highest BCUT2D eigenvalue weighted by atomic mass is 16.5. The molecule has 6 heteroatoms. The van der Waals surface area contributed by atoms with E-state index in [0.29, 0.717) is 30.1 Å². The minimum absolute atomic E-state index is 0.153. The first-order chi connectivity index (χ1) is 12.1. The zero-order valence-corrected chi connectivity index (χ0v) is 15.1. The molecule has 0 saturated heterocycles. The van der Waals surface area contributed by atoms with Crippen LogP contribution in [0.3, 0.4) is 0 Å². The van der Waals surface area contributed by atoms with Crippen LogP contribution in [-0.4, -0.2) is 29.0 Å². The van der Waals surface area contributed by atoms with Gasteiger partial charge in [-0.05, 0) is 44.5 Å². The number of ether oxygens (including phenoxy) is 1. The number of nitrogens with two attached hydrogens (primary N) is 1. The van der Waals surface area contributed by atoms with Gasteiger partial charge in [-0.25, -0.2) is 9.97 Å². The van der Waals surface area contributed by atoms with E-state index in [-0.39, 0.29) is 11.9 Å². The molecular formula is C19H26N4O2. The molecule has 1 aromatic heterocycles. The minimum atomic E-state index is -0.199. The fraction of sp³-hybridized carbons (Fsp3) is 0.421. The maximum Gasteiger partial charge on any atom is 0.255 e. The Bertz CT molecular complexity index is 714. The Kier molecular flexibility index (Phi) is 6.74. The zero-order valence-electron chi connectivity index (χ0n) is 15.1. The molecule has 0 radical (unpaired) electrons. The van der Waals surface area contributed by atoms with Gasteiger partial charge in [-0.2, -0.15) is 0 Å². The number of amides is 1. The summed E-state index contributed by atoms with van der Waals surface area (Å²) in [5.41, 5.74) is 8.14. The number of rotatable bonds is 8. The first kappa shape index (κ1) is 18.7. The third-order valence-electron chi connectivity index (χ3n) is 3.82. The van der Waals surface area contributed by atoms with E-state index < -0.39 is 0 Å². The van der Waals surface area contributed by atoms with Crippen molar-refractivity contribution in [3.8, 4) is 17.0 Å². The van der Waals surface area contributed by atoms with Gasteiger partial charge in [-0.1, -0.05) is 19.8 Å². The van der Waals surface area contributed by atoms with Crippen molar-refractivity contribution in [2.24, 2.45) is 0 Å². The van der Waals surface area contributed by atoms with Crippen molar-refractivity contribution in [2.75, 3.05) is 18.9 Å². The molecule has 0 atom stereocenters. The van der Waals surface area contributed by atoms with E-state index in [2.05, 4.69) is 22.2 Å². The summed E-state index contributed by atoms with van der Waals surface area (Å²) < 4.78 is 5.73. The number of aromatic nitrogens is 2. The molecule has 25 heavy (non-hydrogen) atoms. The molecule has 6 nitrogen and oxygen atoms in total. The predicted molar refractivity (Wildman–Crippen MR) is 99.6 cm³/mol. The van der Waals surface area contributed by atoms with E-state index in [4.69, 9.17) is 10.5 Å². The van der Waals surface area contributed by atoms with Crippen molar-refractivity contribution in [3.63, 3.8) is 0 Å². The predicted octanol–water partition coefficient (Wildman–Crippen LogP) is 3.35. The fourth-order valence-electron chi connectivity index (χ4n) is 2.58. The van der Waals surface area contributed by atoms with Crippen molar-refractivity contribution >= 4 is 11.9 Å². The lowest BCUT2D eigenvalue weighted by molar-refractivity contribution is 0.0955. The highest BCUT2D eigenvalue weighted by Crippen LogP contribution is 2.26. The van der Waals surface area contributed by atoms with Crippen LogP contribution in [0.1, 0.15) is 49.2 Å². The average Bonchev–Trinajstić information content (AvgIpc) is 2.59. The first-order valence-corrected chi connectivity index (χ1v) is 8.72. The van der Waals surface area contributed by atoms with Crippen LogP contribution in [0.2, 0.25) is 0 Å².